The van der Waals surface area contributed by atoms with Crippen LogP contribution in [0.2, 0.25) is 0 Å². The van der Waals surface area contributed by atoms with Crippen LogP contribution in [0.15, 0.2) is 30.5 Å². The fourth-order valence-electron chi connectivity index (χ4n) is 2.65. The van der Waals surface area contributed by atoms with Crippen LogP contribution < -0.4 is 10.6 Å². The van der Waals surface area contributed by atoms with Gasteiger partial charge in [-0.2, -0.15) is 13.2 Å². The SMILES string of the molecule is N[C@H]1CN(c2ccc(C(F)(F)F)c3ncccc23)C[C@H]1F. The van der Waals surface area contributed by atoms with Gasteiger partial charge in [0.05, 0.1) is 23.7 Å². The molecule has 1 aromatic heterocycles. The maximum atomic E-state index is 13.6. The summed E-state index contributed by atoms with van der Waals surface area (Å²) in [4.78, 5) is 5.51. The van der Waals surface area contributed by atoms with Crippen molar-refractivity contribution in [1.29, 1.82) is 0 Å². The molecule has 3 nitrogen and oxygen atoms in total. The van der Waals surface area contributed by atoms with E-state index in [-0.39, 0.29) is 18.6 Å². The van der Waals surface area contributed by atoms with Crippen molar-refractivity contribution in [2.24, 2.45) is 5.73 Å². The van der Waals surface area contributed by atoms with Gasteiger partial charge in [0, 0.05) is 23.8 Å². The topological polar surface area (TPSA) is 42.1 Å². The summed E-state index contributed by atoms with van der Waals surface area (Å²) in [6, 6.07) is 4.84. The molecule has 3 rings (SSSR count). The van der Waals surface area contributed by atoms with Gasteiger partial charge in [-0.15, -0.1) is 0 Å². The van der Waals surface area contributed by atoms with Gasteiger partial charge in [-0.1, -0.05) is 0 Å². The zero-order chi connectivity index (χ0) is 15.2. The Kier molecular flexibility index (Phi) is 3.24. The molecule has 1 aromatic carbocycles. The minimum absolute atomic E-state index is 0.0799. The number of anilines is 1. The molecule has 1 saturated heterocycles. The molecular formula is C14H13F4N3. The Morgan fingerprint density at radius 1 is 1.19 bits per heavy atom. The summed E-state index contributed by atoms with van der Waals surface area (Å²) in [5.41, 5.74) is 5.25. The van der Waals surface area contributed by atoms with Gasteiger partial charge in [0.1, 0.15) is 6.17 Å². The Labute approximate surface area is 118 Å². The maximum absolute atomic E-state index is 13.6. The highest BCUT2D eigenvalue weighted by atomic mass is 19.4. The van der Waals surface area contributed by atoms with Crippen molar-refractivity contribution in [3.05, 3.63) is 36.0 Å². The minimum atomic E-state index is -4.48. The molecule has 2 heterocycles. The Bertz CT molecular complexity index is 661. The maximum Gasteiger partial charge on any atom is 0.418 e. The standard InChI is InChI=1S/C14H13F4N3/c15-10-6-21(7-11(10)19)12-4-3-9(14(16,17)18)13-8(12)2-1-5-20-13/h1-5,10-11H,6-7,19H2/t10-,11+/m1/s1. The van der Waals surface area contributed by atoms with Crippen molar-refractivity contribution in [3.63, 3.8) is 0 Å². The van der Waals surface area contributed by atoms with Gasteiger partial charge in [0.15, 0.2) is 0 Å². The summed E-state index contributed by atoms with van der Waals surface area (Å²) in [5.74, 6) is 0. The highest BCUT2D eigenvalue weighted by molar-refractivity contribution is 5.94. The third kappa shape index (κ3) is 2.42. The zero-order valence-corrected chi connectivity index (χ0v) is 10.9. The van der Waals surface area contributed by atoms with Crippen molar-refractivity contribution in [1.82, 2.24) is 4.98 Å². The number of rotatable bonds is 1. The van der Waals surface area contributed by atoms with Crippen molar-refractivity contribution in [2.45, 2.75) is 18.4 Å². The number of hydrogen-bond acceptors (Lipinski definition) is 3. The van der Waals surface area contributed by atoms with Crippen LogP contribution in [0.3, 0.4) is 0 Å². The number of halogens is 4. The first-order valence-electron chi connectivity index (χ1n) is 6.47. The molecule has 1 aliphatic rings. The smallest absolute Gasteiger partial charge is 0.366 e. The molecule has 0 bridgehead atoms. The van der Waals surface area contributed by atoms with Crippen LogP contribution in [0.4, 0.5) is 23.2 Å². The number of hydrogen-bond donors (Lipinski definition) is 1. The van der Waals surface area contributed by atoms with Crippen LogP contribution in [0.25, 0.3) is 10.9 Å². The van der Waals surface area contributed by atoms with E-state index in [9.17, 15) is 17.6 Å². The summed E-state index contributed by atoms with van der Waals surface area (Å²) >= 11 is 0. The molecule has 1 fully saturated rings. The molecule has 0 amide bonds. The summed E-state index contributed by atoms with van der Waals surface area (Å²) in [5, 5.41) is 0.355. The number of pyridine rings is 1. The average Bonchev–Trinajstić information content (AvgIpc) is 2.76. The molecule has 0 aliphatic carbocycles. The largest absolute Gasteiger partial charge is 0.418 e. The van der Waals surface area contributed by atoms with E-state index in [0.29, 0.717) is 11.1 Å². The quantitative estimate of drug-likeness (QED) is 0.823. The van der Waals surface area contributed by atoms with E-state index < -0.39 is 24.0 Å². The number of nitrogens with two attached hydrogens (primary N) is 1. The molecule has 2 aromatic rings. The van der Waals surface area contributed by atoms with Gasteiger partial charge in [0.2, 0.25) is 0 Å². The van der Waals surface area contributed by atoms with E-state index >= 15 is 0 Å². The van der Waals surface area contributed by atoms with Gasteiger partial charge < -0.3 is 10.6 Å². The molecule has 1 aliphatic heterocycles. The molecule has 0 spiro atoms. The van der Waals surface area contributed by atoms with E-state index in [1.165, 1.54) is 12.3 Å². The Balaban J connectivity index is 2.14. The van der Waals surface area contributed by atoms with Crippen molar-refractivity contribution in [3.8, 4) is 0 Å². The van der Waals surface area contributed by atoms with E-state index in [2.05, 4.69) is 4.98 Å². The van der Waals surface area contributed by atoms with Crippen LogP contribution >= 0.6 is 0 Å². The van der Waals surface area contributed by atoms with Crippen molar-refractivity contribution >= 4 is 16.6 Å². The van der Waals surface area contributed by atoms with E-state index in [4.69, 9.17) is 5.73 Å². The van der Waals surface area contributed by atoms with Crippen molar-refractivity contribution < 1.29 is 17.6 Å². The van der Waals surface area contributed by atoms with Gasteiger partial charge >= 0.3 is 6.18 Å². The Morgan fingerprint density at radius 2 is 1.95 bits per heavy atom. The highest BCUT2D eigenvalue weighted by Crippen LogP contribution is 2.38. The van der Waals surface area contributed by atoms with Crippen LogP contribution in [0.5, 0.6) is 0 Å². The van der Waals surface area contributed by atoms with Crippen LogP contribution in [0.1, 0.15) is 5.56 Å². The summed E-state index contributed by atoms with van der Waals surface area (Å²) in [6.45, 7) is 0.354. The number of nitrogens with zero attached hydrogens (tertiary/aromatic N) is 2. The second kappa shape index (κ2) is 4.84. The zero-order valence-electron chi connectivity index (χ0n) is 10.9. The molecule has 2 atom stereocenters. The molecule has 0 unspecified atom stereocenters. The van der Waals surface area contributed by atoms with Crippen LogP contribution in [-0.4, -0.2) is 30.3 Å². The molecule has 7 heteroatoms. The monoisotopic (exact) mass is 299 g/mol. The molecule has 112 valence electrons. The number of fused-ring (bicyclic) bond motifs is 1. The summed E-state index contributed by atoms with van der Waals surface area (Å²) in [7, 11) is 0. The Morgan fingerprint density at radius 3 is 2.57 bits per heavy atom. The van der Waals surface area contributed by atoms with Gasteiger partial charge in [-0.25, -0.2) is 4.39 Å². The third-order valence-corrected chi connectivity index (χ3v) is 3.68. The molecular weight excluding hydrogens is 286 g/mol. The number of aromatic nitrogens is 1. The van der Waals surface area contributed by atoms with Crippen LogP contribution in [-0.2, 0) is 6.18 Å². The first-order valence-corrected chi connectivity index (χ1v) is 6.47. The lowest BCUT2D eigenvalue weighted by Crippen LogP contribution is -2.30. The van der Waals surface area contributed by atoms with Gasteiger partial charge in [-0.3, -0.25) is 4.98 Å². The van der Waals surface area contributed by atoms with E-state index in [1.54, 1.807) is 17.0 Å². The predicted molar refractivity (Wildman–Crippen MR) is 71.8 cm³/mol. The van der Waals surface area contributed by atoms with Gasteiger partial charge in [0.25, 0.3) is 0 Å². The molecule has 2 N–H and O–H groups in total. The normalized spacial score (nSPS) is 23.0. The van der Waals surface area contributed by atoms with Gasteiger partial charge in [-0.05, 0) is 24.3 Å². The Hall–Kier alpha value is -1.89. The lowest BCUT2D eigenvalue weighted by Gasteiger charge is -2.21. The minimum Gasteiger partial charge on any atom is -0.366 e. The molecule has 0 saturated carbocycles. The average molecular weight is 299 g/mol. The van der Waals surface area contributed by atoms with E-state index in [1.807, 2.05) is 0 Å². The fraction of sp³-hybridized carbons (Fsp3) is 0.357. The van der Waals surface area contributed by atoms with Crippen LogP contribution in [0, 0.1) is 0 Å². The summed E-state index contributed by atoms with van der Waals surface area (Å²) < 4.78 is 52.6. The number of alkyl halides is 4. The fourth-order valence-corrected chi connectivity index (χ4v) is 2.65. The second-order valence-electron chi connectivity index (χ2n) is 5.11. The predicted octanol–water partition coefficient (Wildman–Crippen LogP) is 2.74. The molecule has 0 radical (unpaired) electrons. The third-order valence-electron chi connectivity index (χ3n) is 3.68. The highest BCUT2D eigenvalue weighted by Gasteiger charge is 2.35. The number of benzene rings is 1. The first-order chi connectivity index (χ1) is 9.88. The van der Waals surface area contributed by atoms with Crippen molar-refractivity contribution in [2.75, 3.05) is 18.0 Å². The van der Waals surface area contributed by atoms with E-state index in [0.717, 1.165) is 6.07 Å². The molecule has 21 heavy (non-hydrogen) atoms. The lowest BCUT2D eigenvalue weighted by molar-refractivity contribution is -0.136. The summed E-state index contributed by atoms with van der Waals surface area (Å²) in [6.07, 6.45) is -4.34. The first kappa shape index (κ1) is 14.1. The second-order valence-corrected chi connectivity index (χ2v) is 5.11. The lowest BCUT2D eigenvalue weighted by atomic mass is 10.1.